The number of amides is 1. The van der Waals surface area contributed by atoms with Crippen molar-refractivity contribution in [3.63, 3.8) is 0 Å². The number of likely N-dealkylation sites (tertiary alicyclic amines) is 1. The summed E-state index contributed by atoms with van der Waals surface area (Å²) < 4.78 is 0. The lowest BCUT2D eigenvalue weighted by Crippen LogP contribution is -2.45. The van der Waals surface area contributed by atoms with Crippen molar-refractivity contribution in [3.8, 4) is 0 Å². The largest absolute Gasteiger partial charge is 0.550 e. The van der Waals surface area contributed by atoms with Crippen LogP contribution in [0.5, 0.6) is 0 Å². The molecule has 26 heavy (non-hydrogen) atoms. The van der Waals surface area contributed by atoms with Crippen molar-refractivity contribution in [2.24, 2.45) is 11.3 Å². The first kappa shape index (κ1) is 17.6. The van der Waals surface area contributed by atoms with Crippen molar-refractivity contribution in [1.29, 1.82) is 0 Å². The third-order valence-corrected chi connectivity index (χ3v) is 7.20. The molecule has 0 bridgehead atoms. The van der Waals surface area contributed by atoms with E-state index in [1.54, 1.807) is 0 Å². The fraction of sp³-hybridized carbons (Fsp3) is 0.636. The molecule has 2 fully saturated rings. The van der Waals surface area contributed by atoms with E-state index in [1.807, 2.05) is 23.1 Å². The second-order valence-corrected chi connectivity index (χ2v) is 8.56. The highest BCUT2D eigenvalue weighted by Gasteiger charge is 2.39. The molecule has 0 radical (unpaired) electrons. The quantitative estimate of drug-likeness (QED) is 0.835. The highest BCUT2D eigenvalue weighted by molar-refractivity contribution is 5.82. The Morgan fingerprint density at radius 2 is 1.81 bits per heavy atom. The number of carbonyl (C=O) groups excluding carboxylic acids is 2. The fourth-order valence-electron chi connectivity index (χ4n) is 5.57. The van der Waals surface area contributed by atoms with Crippen molar-refractivity contribution < 1.29 is 14.7 Å². The van der Waals surface area contributed by atoms with Gasteiger partial charge in [0, 0.05) is 31.4 Å². The van der Waals surface area contributed by atoms with Crippen molar-refractivity contribution in [2.75, 3.05) is 13.1 Å². The molecule has 4 nitrogen and oxygen atoms in total. The first-order valence-electron chi connectivity index (χ1n) is 10.1. The Balaban J connectivity index is 1.41. The summed E-state index contributed by atoms with van der Waals surface area (Å²) in [6.07, 6.45) is 9.18. The molecule has 1 heterocycles. The van der Waals surface area contributed by atoms with Crippen LogP contribution in [0.25, 0.3) is 0 Å². The normalized spacial score (nSPS) is 25.2. The van der Waals surface area contributed by atoms with Gasteiger partial charge < -0.3 is 14.8 Å². The van der Waals surface area contributed by atoms with Crippen molar-refractivity contribution in [1.82, 2.24) is 4.90 Å². The Bertz CT molecular complexity index is 682. The Hall–Kier alpha value is -1.84. The SMILES string of the molecule is O=C([O-])C(CC(=O)N1CCC2(CCCC2)CC1)C1CCc2ccccc21. The van der Waals surface area contributed by atoms with E-state index in [0.717, 1.165) is 44.3 Å². The Morgan fingerprint density at radius 1 is 1.12 bits per heavy atom. The van der Waals surface area contributed by atoms with Crippen LogP contribution in [0.1, 0.15) is 68.4 Å². The number of nitrogens with zero attached hydrogens (tertiary/aromatic N) is 1. The summed E-state index contributed by atoms with van der Waals surface area (Å²) in [5.41, 5.74) is 2.78. The smallest absolute Gasteiger partial charge is 0.223 e. The number of rotatable bonds is 4. The molecule has 2 unspecified atom stereocenters. The second kappa shape index (κ2) is 7.05. The van der Waals surface area contributed by atoms with Crippen molar-refractivity contribution in [3.05, 3.63) is 35.4 Å². The van der Waals surface area contributed by atoms with E-state index in [0.29, 0.717) is 5.41 Å². The first-order chi connectivity index (χ1) is 12.6. The van der Waals surface area contributed by atoms with Crippen LogP contribution in [-0.4, -0.2) is 29.9 Å². The minimum Gasteiger partial charge on any atom is -0.550 e. The number of benzene rings is 1. The van der Waals surface area contributed by atoms with Gasteiger partial charge in [-0.25, -0.2) is 0 Å². The fourth-order valence-corrected chi connectivity index (χ4v) is 5.57. The van der Waals surface area contributed by atoms with Gasteiger partial charge in [-0.1, -0.05) is 37.1 Å². The minimum absolute atomic E-state index is 0.00331. The molecule has 0 aromatic heterocycles. The summed E-state index contributed by atoms with van der Waals surface area (Å²) in [6.45, 7) is 1.58. The number of carbonyl (C=O) groups is 2. The number of piperidine rings is 1. The second-order valence-electron chi connectivity index (χ2n) is 8.56. The van der Waals surface area contributed by atoms with Crippen LogP contribution in [0.4, 0.5) is 0 Å². The molecule has 1 amide bonds. The lowest BCUT2D eigenvalue weighted by atomic mass is 9.77. The first-order valence-corrected chi connectivity index (χ1v) is 10.1. The molecule has 1 saturated heterocycles. The number of hydrogen-bond acceptors (Lipinski definition) is 3. The molecular formula is C22H28NO3-. The highest BCUT2D eigenvalue weighted by atomic mass is 16.4. The molecule has 1 aromatic carbocycles. The maximum absolute atomic E-state index is 12.8. The van der Waals surface area contributed by atoms with Gasteiger partial charge in [-0.3, -0.25) is 4.79 Å². The van der Waals surface area contributed by atoms with Crippen LogP contribution >= 0.6 is 0 Å². The summed E-state index contributed by atoms with van der Waals surface area (Å²) in [7, 11) is 0. The van der Waals surface area contributed by atoms with Crippen LogP contribution < -0.4 is 5.11 Å². The zero-order chi connectivity index (χ0) is 18.1. The molecule has 0 N–H and O–H groups in total. The maximum atomic E-state index is 12.8. The van der Waals surface area contributed by atoms with E-state index in [1.165, 1.54) is 31.2 Å². The van der Waals surface area contributed by atoms with Gasteiger partial charge in [0.15, 0.2) is 0 Å². The zero-order valence-electron chi connectivity index (χ0n) is 15.4. The lowest BCUT2D eigenvalue weighted by Gasteiger charge is -2.40. The number of aryl methyl sites for hydroxylation is 1. The van der Waals surface area contributed by atoms with Gasteiger partial charge in [0.05, 0.1) is 0 Å². The summed E-state index contributed by atoms with van der Waals surface area (Å²) >= 11 is 0. The lowest BCUT2D eigenvalue weighted by molar-refractivity contribution is -0.312. The topological polar surface area (TPSA) is 60.4 Å². The van der Waals surface area contributed by atoms with Crippen molar-refractivity contribution in [2.45, 2.75) is 63.7 Å². The van der Waals surface area contributed by atoms with Crippen LogP contribution in [0.15, 0.2) is 24.3 Å². The van der Waals surface area contributed by atoms with Gasteiger partial charge >= 0.3 is 0 Å². The molecule has 3 aliphatic rings. The van der Waals surface area contributed by atoms with Crippen LogP contribution in [0.3, 0.4) is 0 Å². The average Bonchev–Trinajstić information content (AvgIpc) is 3.27. The van der Waals surface area contributed by atoms with E-state index in [9.17, 15) is 14.7 Å². The Labute approximate surface area is 155 Å². The Morgan fingerprint density at radius 3 is 2.50 bits per heavy atom. The average molecular weight is 354 g/mol. The predicted octanol–water partition coefficient (Wildman–Crippen LogP) is 2.66. The van der Waals surface area contributed by atoms with E-state index in [2.05, 4.69) is 6.07 Å². The molecule has 1 aliphatic heterocycles. The molecule has 4 heteroatoms. The molecular weight excluding hydrogens is 326 g/mol. The number of carboxylic acids is 1. The summed E-state index contributed by atoms with van der Waals surface area (Å²) in [5.74, 6) is -1.89. The monoisotopic (exact) mass is 354 g/mol. The summed E-state index contributed by atoms with van der Waals surface area (Å²) in [5, 5.41) is 11.8. The minimum atomic E-state index is -1.08. The van der Waals surface area contributed by atoms with Crippen molar-refractivity contribution >= 4 is 11.9 Å². The van der Waals surface area contributed by atoms with E-state index in [-0.39, 0.29) is 18.2 Å². The van der Waals surface area contributed by atoms with Crippen LogP contribution in [0, 0.1) is 11.3 Å². The molecule has 140 valence electrons. The van der Waals surface area contributed by atoms with E-state index >= 15 is 0 Å². The third-order valence-electron chi connectivity index (χ3n) is 7.20. The van der Waals surface area contributed by atoms with Gasteiger partial charge in [0.25, 0.3) is 0 Å². The van der Waals surface area contributed by atoms with Gasteiger partial charge in [-0.05, 0) is 61.0 Å². The van der Waals surface area contributed by atoms with Gasteiger partial charge in [0.1, 0.15) is 0 Å². The summed E-state index contributed by atoms with van der Waals surface area (Å²) in [4.78, 5) is 26.6. The number of carboxylic acid groups (broad SMARTS) is 1. The highest BCUT2D eigenvalue weighted by Crippen LogP contribution is 2.46. The van der Waals surface area contributed by atoms with Gasteiger partial charge in [-0.15, -0.1) is 0 Å². The number of hydrogen-bond donors (Lipinski definition) is 0. The van der Waals surface area contributed by atoms with Gasteiger partial charge in [0.2, 0.25) is 5.91 Å². The third kappa shape index (κ3) is 3.26. The zero-order valence-corrected chi connectivity index (χ0v) is 15.4. The van der Waals surface area contributed by atoms with Crippen LogP contribution in [0.2, 0.25) is 0 Å². The van der Waals surface area contributed by atoms with Gasteiger partial charge in [-0.2, -0.15) is 0 Å². The maximum Gasteiger partial charge on any atom is 0.223 e. The number of aliphatic carboxylic acids is 1. The molecule has 1 saturated carbocycles. The Kier molecular flexibility index (Phi) is 4.76. The van der Waals surface area contributed by atoms with E-state index in [4.69, 9.17) is 0 Å². The summed E-state index contributed by atoms with van der Waals surface area (Å²) in [6, 6.07) is 8.03. The molecule has 2 aliphatic carbocycles. The van der Waals surface area contributed by atoms with Crippen LogP contribution in [-0.2, 0) is 16.0 Å². The molecule has 4 rings (SSSR count). The molecule has 1 spiro atoms. The standard InChI is InChI=1S/C22H29NO3/c24-20(23-13-11-22(12-14-23)9-3-4-10-22)15-19(21(25)26)18-8-7-16-5-1-2-6-17(16)18/h1-2,5-6,18-19H,3-4,7-15H2,(H,25,26)/p-1. The number of fused-ring (bicyclic) bond motifs is 1. The predicted molar refractivity (Wildman–Crippen MR) is 97.3 cm³/mol. The van der Waals surface area contributed by atoms with E-state index < -0.39 is 11.9 Å². The molecule has 2 atom stereocenters. The molecule has 1 aromatic rings.